The fourth-order valence-electron chi connectivity index (χ4n) is 5.18. The fraction of sp³-hybridized carbons (Fsp3) is 0.333. The summed E-state index contributed by atoms with van der Waals surface area (Å²) in [6.45, 7) is -0.0161. The standard InChI is InChI=1S/C30H31N3O6S2/c1-38-23-14-8-6-10-20(23)16-25-27(34)32(29(36)40-25)18-31(22-12-4-3-5-13-22)19-33-28(35)26(41-30(33)37)17-21-11-7-9-15-24(21)39-2/h6-11,14-17,22H,3-5,12-13,18-19H2,1-2H3/b25-16+,26-17+. The van der Waals surface area contributed by atoms with Crippen molar-refractivity contribution >= 4 is 58.0 Å². The normalized spacial score (nSPS) is 20.3. The van der Waals surface area contributed by atoms with Gasteiger partial charge >= 0.3 is 0 Å². The molecule has 11 heteroatoms. The van der Waals surface area contributed by atoms with Crippen LogP contribution in [0.2, 0.25) is 0 Å². The maximum absolute atomic E-state index is 13.4. The molecule has 0 aromatic heterocycles. The third-order valence-electron chi connectivity index (χ3n) is 7.34. The number of ether oxygens (including phenoxy) is 2. The summed E-state index contributed by atoms with van der Waals surface area (Å²) in [5.74, 6) is 0.390. The van der Waals surface area contributed by atoms with Gasteiger partial charge in [0, 0.05) is 17.2 Å². The van der Waals surface area contributed by atoms with Crippen molar-refractivity contribution in [2.45, 2.75) is 38.1 Å². The van der Waals surface area contributed by atoms with E-state index in [0.29, 0.717) is 32.4 Å². The van der Waals surface area contributed by atoms with Crippen LogP contribution in [0, 0.1) is 0 Å². The van der Waals surface area contributed by atoms with Crippen LogP contribution in [0.3, 0.4) is 0 Å². The minimum atomic E-state index is -0.406. The second-order valence-corrected chi connectivity index (χ2v) is 11.9. The Morgan fingerprint density at radius 2 is 1.17 bits per heavy atom. The van der Waals surface area contributed by atoms with E-state index in [1.54, 1.807) is 38.5 Å². The van der Waals surface area contributed by atoms with Crippen LogP contribution in [0.4, 0.5) is 9.59 Å². The van der Waals surface area contributed by atoms with Crippen molar-refractivity contribution < 1.29 is 28.7 Å². The summed E-state index contributed by atoms with van der Waals surface area (Å²) >= 11 is 1.75. The number of benzene rings is 2. The van der Waals surface area contributed by atoms with Gasteiger partial charge in [0.2, 0.25) is 0 Å². The SMILES string of the molecule is COc1ccccc1/C=C1/SC(=O)N(CN(CN2C(=O)S/C(=C/c3ccccc3OC)C2=O)C2CCCCC2)C1=O. The highest BCUT2D eigenvalue weighted by Crippen LogP contribution is 2.37. The second-order valence-electron chi connectivity index (χ2n) is 9.87. The van der Waals surface area contributed by atoms with Gasteiger partial charge in [0.15, 0.2) is 0 Å². The summed E-state index contributed by atoms with van der Waals surface area (Å²) in [6.07, 6.45) is 8.16. The molecule has 0 spiro atoms. The highest BCUT2D eigenvalue weighted by Gasteiger charge is 2.41. The average Bonchev–Trinajstić information content (AvgIpc) is 3.41. The van der Waals surface area contributed by atoms with E-state index in [0.717, 1.165) is 55.6 Å². The van der Waals surface area contributed by atoms with Crippen LogP contribution in [0.1, 0.15) is 43.2 Å². The first-order valence-corrected chi connectivity index (χ1v) is 15.0. The Bertz CT molecular complexity index is 1320. The zero-order valence-electron chi connectivity index (χ0n) is 22.9. The largest absolute Gasteiger partial charge is 0.496 e. The molecule has 3 aliphatic rings. The number of nitrogens with zero attached hydrogens (tertiary/aromatic N) is 3. The van der Waals surface area contributed by atoms with Crippen LogP contribution in [0.25, 0.3) is 12.2 Å². The zero-order valence-corrected chi connectivity index (χ0v) is 24.5. The summed E-state index contributed by atoms with van der Waals surface area (Å²) in [5.41, 5.74) is 1.40. The highest BCUT2D eigenvalue weighted by atomic mass is 32.2. The van der Waals surface area contributed by atoms with E-state index in [9.17, 15) is 19.2 Å². The lowest BCUT2D eigenvalue weighted by Gasteiger charge is -2.37. The predicted octanol–water partition coefficient (Wildman–Crippen LogP) is 6.03. The average molecular weight is 594 g/mol. The molecule has 41 heavy (non-hydrogen) atoms. The number of methoxy groups -OCH3 is 2. The number of para-hydroxylation sites is 2. The van der Waals surface area contributed by atoms with E-state index < -0.39 is 11.8 Å². The Morgan fingerprint density at radius 3 is 1.61 bits per heavy atom. The summed E-state index contributed by atoms with van der Waals surface area (Å²) in [4.78, 5) is 57.8. The third-order valence-corrected chi connectivity index (χ3v) is 9.15. The fourth-order valence-corrected chi connectivity index (χ4v) is 6.83. The second kappa shape index (κ2) is 13.0. The van der Waals surface area contributed by atoms with Gasteiger partial charge in [-0.25, -0.2) is 0 Å². The van der Waals surface area contributed by atoms with Gasteiger partial charge in [0.25, 0.3) is 22.3 Å². The summed E-state index contributed by atoms with van der Waals surface area (Å²) in [5, 5.41) is -0.774. The molecule has 3 fully saturated rings. The van der Waals surface area contributed by atoms with Crippen LogP contribution in [0.15, 0.2) is 58.3 Å². The highest BCUT2D eigenvalue weighted by molar-refractivity contribution is 8.18. The van der Waals surface area contributed by atoms with Crippen LogP contribution < -0.4 is 9.47 Å². The third kappa shape index (κ3) is 6.37. The van der Waals surface area contributed by atoms with Crippen LogP contribution in [0.5, 0.6) is 11.5 Å². The van der Waals surface area contributed by atoms with Gasteiger partial charge in [-0.3, -0.25) is 33.9 Å². The molecule has 214 valence electrons. The maximum Gasteiger partial charge on any atom is 0.294 e. The first kappa shape index (κ1) is 29.0. The van der Waals surface area contributed by atoms with Gasteiger partial charge < -0.3 is 9.47 Å². The molecule has 2 heterocycles. The molecule has 0 bridgehead atoms. The molecule has 2 saturated heterocycles. The van der Waals surface area contributed by atoms with Crippen LogP contribution >= 0.6 is 23.5 Å². The smallest absolute Gasteiger partial charge is 0.294 e. The van der Waals surface area contributed by atoms with Gasteiger partial charge in [-0.1, -0.05) is 55.7 Å². The Kier molecular flexibility index (Phi) is 9.16. The maximum atomic E-state index is 13.4. The zero-order chi connectivity index (χ0) is 28.9. The van der Waals surface area contributed by atoms with Crippen molar-refractivity contribution in [1.82, 2.24) is 14.7 Å². The van der Waals surface area contributed by atoms with Gasteiger partial charge in [-0.05, 0) is 60.7 Å². The van der Waals surface area contributed by atoms with Gasteiger partial charge in [0.1, 0.15) is 11.5 Å². The number of hydrogen-bond donors (Lipinski definition) is 0. The summed E-state index contributed by atoms with van der Waals surface area (Å²) in [6, 6.07) is 14.6. The molecule has 4 amide bonds. The van der Waals surface area contributed by atoms with Crippen LogP contribution in [-0.4, -0.2) is 70.6 Å². The van der Waals surface area contributed by atoms with E-state index in [-0.39, 0.29) is 29.9 Å². The van der Waals surface area contributed by atoms with Crippen molar-refractivity contribution in [3.05, 3.63) is 69.5 Å². The Balaban J connectivity index is 1.36. The van der Waals surface area contributed by atoms with Crippen molar-refractivity contribution in [3.8, 4) is 11.5 Å². The monoisotopic (exact) mass is 593 g/mol. The Hall–Kier alpha value is -3.54. The Morgan fingerprint density at radius 1 is 0.732 bits per heavy atom. The van der Waals surface area contributed by atoms with E-state index in [2.05, 4.69) is 0 Å². The molecule has 0 N–H and O–H groups in total. The number of hydrogen-bond acceptors (Lipinski definition) is 9. The first-order chi connectivity index (χ1) is 19.9. The molecule has 2 aliphatic heterocycles. The Labute approximate surface area is 247 Å². The molecule has 1 saturated carbocycles. The van der Waals surface area contributed by atoms with E-state index in [1.807, 2.05) is 41.3 Å². The predicted molar refractivity (Wildman–Crippen MR) is 160 cm³/mol. The first-order valence-electron chi connectivity index (χ1n) is 13.4. The minimum absolute atomic E-state index is 0.00806. The van der Waals surface area contributed by atoms with Gasteiger partial charge in [-0.2, -0.15) is 0 Å². The molecule has 1 aliphatic carbocycles. The van der Waals surface area contributed by atoms with Crippen molar-refractivity contribution in [1.29, 1.82) is 0 Å². The molecule has 0 atom stereocenters. The van der Waals surface area contributed by atoms with Crippen molar-refractivity contribution in [2.24, 2.45) is 0 Å². The number of imide groups is 2. The van der Waals surface area contributed by atoms with E-state index in [4.69, 9.17) is 9.47 Å². The van der Waals surface area contributed by atoms with E-state index in [1.165, 1.54) is 9.80 Å². The number of thioether (sulfide) groups is 2. The molecule has 0 unspecified atom stereocenters. The summed E-state index contributed by atoms with van der Waals surface area (Å²) in [7, 11) is 3.10. The van der Waals surface area contributed by atoms with E-state index >= 15 is 0 Å². The molecule has 0 radical (unpaired) electrons. The molecule has 9 nitrogen and oxygen atoms in total. The lowest BCUT2D eigenvalue weighted by Crippen LogP contribution is -2.51. The molecule has 2 aromatic rings. The molecular weight excluding hydrogens is 562 g/mol. The minimum Gasteiger partial charge on any atom is -0.496 e. The number of rotatable bonds is 9. The molecular formula is C30H31N3O6S2. The number of carbonyl (C=O) groups excluding carboxylic acids is 4. The lowest BCUT2D eigenvalue weighted by molar-refractivity contribution is -0.127. The van der Waals surface area contributed by atoms with Gasteiger partial charge in [0.05, 0.1) is 37.4 Å². The summed E-state index contributed by atoms with van der Waals surface area (Å²) < 4.78 is 10.8. The lowest BCUT2D eigenvalue weighted by atomic mass is 9.94. The quantitative estimate of drug-likeness (QED) is 0.323. The van der Waals surface area contributed by atoms with Gasteiger partial charge in [-0.15, -0.1) is 0 Å². The van der Waals surface area contributed by atoms with Crippen molar-refractivity contribution in [2.75, 3.05) is 27.6 Å². The van der Waals surface area contributed by atoms with Crippen LogP contribution in [-0.2, 0) is 9.59 Å². The molecule has 2 aromatic carbocycles. The number of amides is 4. The number of carbonyl (C=O) groups is 4. The van der Waals surface area contributed by atoms with Crippen molar-refractivity contribution in [3.63, 3.8) is 0 Å². The molecule has 5 rings (SSSR count). The topological polar surface area (TPSA) is 96.5 Å².